The fourth-order valence-corrected chi connectivity index (χ4v) is 3.10. The molecule has 0 heterocycles. The van der Waals surface area contributed by atoms with Crippen molar-refractivity contribution in [2.24, 2.45) is 16.7 Å². The molecule has 2 aliphatic carbocycles. The van der Waals surface area contributed by atoms with Crippen molar-refractivity contribution in [3.05, 3.63) is 11.6 Å². The van der Waals surface area contributed by atoms with Gasteiger partial charge in [-0.3, -0.25) is 0 Å². The van der Waals surface area contributed by atoms with E-state index >= 15 is 0 Å². The molecule has 0 N–H and O–H groups in total. The van der Waals surface area contributed by atoms with E-state index < -0.39 is 11.6 Å². The molecule has 2 atom stereocenters. The highest BCUT2D eigenvalue weighted by Crippen LogP contribution is 2.67. The highest BCUT2D eigenvalue weighted by Gasteiger charge is 2.62. The number of alkyl halides is 3. The fraction of sp³-hybridized carbons (Fsp3) is 0.818. The van der Waals surface area contributed by atoms with E-state index in [2.05, 4.69) is 0 Å². The predicted molar refractivity (Wildman–Crippen MR) is 48.8 cm³/mol. The minimum Gasteiger partial charge on any atom is -0.166 e. The molecule has 0 aromatic heterocycles. The molecule has 0 aromatic carbocycles. The van der Waals surface area contributed by atoms with Crippen LogP contribution in [-0.4, -0.2) is 6.18 Å². The van der Waals surface area contributed by atoms with E-state index in [1.807, 2.05) is 13.8 Å². The highest BCUT2D eigenvalue weighted by atomic mass is 19.4. The van der Waals surface area contributed by atoms with E-state index in [0.29, 0.717) is 6.42 Å². The van der Waals surface area contributed by atoms with Crippen molar-refractivity contribution >= 4 is 0 Å². The standard InChI is InChI=1S/C11H15F3/c1-9(2)7-4-5-10(9,3)8(6-7)11(12,13)14/h6-7H,4-5H2,1-3H3. The van der Waals surface area contributed by atoms with Crippen molar-refractivity contribution in [2.75, 3.05) is 0 Å². The van der Waals surface area contributed by atoms with E-state index in [-0.39, 0.29) is 16.9 Å². The third-order valence-electron chi connectivity index (χ3n) is 4.57. The molecule has 0 amide bonds. The number of rotatable bonds is 0. The summed E-state index contributed by atoms with van der Waals surface area (Å²) < 4.78 is 38.2. The molecule has 0 radical (unpaired) electrons. The van der Waals surface area contributed by atoms with E-state index in [1.165, 1.54) is 6.08 Å². The van der Waals surface area contributed by atoms with Gasteiger partial charge in [0.05, 0.1) is 0 Å². The van der Waals surface area contributed by atoms with Crippen LogP contribution >= 0.6 is 0 Å². The summed E-state index contributed by atoms with van der Waals surface area (Å²) in [6, 6.07) is 0. The molecule has 3 heteroatoms. The number of hydrogen-bond acceptors (Lipinski definition) is 0. The monoisotopic (exact) mass is 204 g/mol. The van der Waals surface area contributed by atoms with E-state index in [1.54, 1.807) is 6.92 Å². The molecule has 0 nitrogen and oxygen atoms in total. The van der Waals surface area contributed by atoms with Gasteiger partial charge >= 0.3 is 6.18 Å². The predicted octanol–water partition coefficient (Wildman–Crippen LogP) is 3.93. The van der Waals surface area contributed by atoms with Gasteiger partial charge in [0.1, 0.15) is 0 Å². The average molecular weight is 204 g/mol. The summed E-state index contributed by atoms with van der Waals surface area (Å²) in [6.45, 7) is 5.68. The van der Waals surface area contributed by atoms with Gasteiger partial charge in [-0.25, -0.2) is 0 Å². The Bertz CT molecular complexity index is 298. The Morgan fingerprint density at radius 3 is 2.07 bits per heavy atom. The minimum absolute atomic E-state index is 0.115. The molecular formula is C11H15F3. The zero-order valence-electron chi connectivity index (χ0n) is 8.70. The Morgan fingerprint density at radius 2 is 1.86 bits per heavy atom. The van der Waals surface area contributed by atoms with Gasteiger partial charge in [0.25, 0.3) is 0 Å². The lowest BCUT2D eigenvalue weighted by atomic mass is 9.67. The van der Waals surface area contributed by atoms with Crippen LogP contribution in [0, 0.1) is 16.7 Å². The van der Waals surface area contributed by atoms with Crippen molar-refractivity contribution in [1.29, 1.82) is 0 Å². The lowest BCUT2D eigenvalue weighted by molar-refractivity contribution is -0.110. The van der Waals surface area contributed by atoms with Gasteiger partial charge in [0.2, 0.25) is 0 Å². The van der Waals surface area contributed by atoms with Crippen LogP contribution in [0.4, 0.5) is 13.2 Å². The van der Waals surface area contributed by atoms with Gasteiger partial charge in [0.15, 0.2) is 0 Å². The van der Waals surface area contributed by atoms with Gasteiger partial charge in [-0.05, 0) is 24.2 Å². The van der Waals surface area contributed by atoms with E-state index in [4.69, 9.17) is 0 Å². The van der Waals surface area contributed by atoms with Crippen molar-refractivity contribution in [1.82, 2.24) is 0 Å². The Hall–Kier alpha value is -0.470. The van der Waals surface area contributed by atoms with Gasteiger partial charge in [0, 0.05) is 11.0 Å². The van der Waals surface area contributed by atoms with Crippen molar-refractivity contribution in [2.45, 2.75) is 39.8 Å². The van der Waals surface area contributed by atoms with Crippen LogP contribution in [0.2, 0.25) is 0 Å². The summed E-state index contributed by atoms with van der Waals surface area (Å²) in [5.41, 5.74) is -1.17. The van der Waals surface area contributed by atoms with Crippen LogP contribution in [0.3, 0.4) is 0 Å². The van der Waals surface area contributed by atoms with Crippen LogP contribution in [0.15, 0.2) is 11.6 Å². The zero-order valence-corrected chi connectivity index (χ0v) is 8.70. The second kappa shape index (κ2) is 2.37. The first kappa shape index (κ1) is 10.1. The van der Waals surface area contributed by atoms with E-state index in [0.717, 1.165) is 6.42 Å². The lowest BCUT2D eigenvalue weighted by Crippen LogP contribution is -2.34. The van der Waals surface area contributed by atoms with Crippen molar-refractivity contribution < 1.29 is 13.2 Å². The van der Waals surface area contributed by atoms with Gasteiger partial charge in [-0.2, -0.15) is 13.2 Å². The Balaban J connectivity index is 2.47. The first-order valence-electron chi connectivity index (χ1n) is 4.99. The zero-order chi connectivity index (χ0) is 10.8. The SMILES string of the molecule is CC12CCC(C=C1C(F)(F)F)C2(C)C. The molecule has 1 saturated carbocycles. The van der Waals surface area contributed by atoms with Gasteiger partial charge in [-0.1, -0.05) is 26.8 Å². The summed E-state index contributed by atoms with van der Waals surface area (Å²) in [4.78, 5) is 0. The molecule has 0 saturated heterocycles. The maximum atomic E-state index is 12.7. The van der Waals surface area contributed by atoms with Crippen LogP contribution in [-0.2, 0) is 0 Å². The molecular weight excluding hydrogens is 189 g/mol. The van der Waals surface area contributed by atoms with Crippen LogP contribution in [0.1, 0.15) is 33.6 Å². The summed E-state index contributed by atoms with van der Waals surface area (Å²) in [5, 5.41) is 0. The number of hydrogen-bond donors (Lipinski definition) is 0. The Labute approximate surface area is 82.2 Å². The Morgan fingerprint density at radius 1 is 1.29 bits per heavy atom. The molecule has 2 bridgehead atoms. The number of halogens is 3. The third kappa shape index (κ3) is 0.958. The number of fused-ring (bicyclic) bond motifs is 2. The first-order valence-corrected chi connectivity index (χ1v) is 4.99. The second-order valence-electron chi connectivity index (χ2n) is 5.28. The normalized spacial score (nSPS) is 40.1. The molecule has 80 valence electrons. The third-order valence-corrected chi connectivity index (χ3v) is 4.57. The maximum absolute atomic E-state index is 12.7. The highest BCUT2D eigenvalue weighted by molar-refractivity contribution is 5.34. The smallest absolute Gasteiger partial charge is 0.166 e. The lowest BCUT2D eigenvalue weighted by Gasteiger charge is -2.37. The van der Waals surface area contributed by atoms with Gasteiger partial charge < -0.3 is 0 Å². The topological polar surface area (TPSA) is 0 Å². The fourth-order valence-electron chi connectivity index (χ4n) is 3.10. The van der Waals surface area contributed by atoms with Crippen LogP contribution in [0.25, 0.3) is 0 Å². The summed E-state index contributed by atoms with van der Waals surface area (Å²) in [6.07, 6.45) is -1.09. The van der Waals surface area contributed by atoms with Crippen molar-refractivity contribution in [3.8, 4) is 0 Å². The Kier molecular flexibility index (Phi) is 1.70. The maximum Gasteiger partial charge on any atom is 0.412 e. The summed E-state index contributed by atoms with van der Waals surface area (Å²) in [7, 11) is 0. The molecule has 2 unspecified atom stereocenters. The van der Waals surface area contributed by atoms with Gasteiger partial charge in [-0.15, -0.1) is 0 Å². The van der Waals surface area contributed by atoms with Crippen molar-refractivity contribution in [3.63, 3.8) is 0 Å². The quantitative estimate of drug-likeness (QED) is 0.524. The van der Waals surface area contributed by atoms with E-state index in [9.17, 15) is 13.2 Å². The molecule has 14 heavy (non-hydrogen) atoms. The molecule has 1 fully saturated rings. The molecule has 2 rings (SSSR count). The summed E-state index contributed by atoms with van der Waals surface area (Å²) >= 11 is 0. The largest absolute Gasteiger partial charge is 0.412 e. The summed E-state index contributed by atoms with van der Waals surface area (Å²) in [5.74, 6) is 0.115. The minimum atomic E-state index is -4.14. The second-order valence-corrected chi connectivity index (χ2v) is 5.28. The molecule has 2 aliphatic rings. The van der Waals surface area contributed by atoms with Crippen LogP contribution < -0.4 is 0 Å². The number of allylic oxidation sites excluding steroid dienone is 2. The van der Waals surface area contributed by atoms with Crippen LogP contribution in [0.5, 0.6) is 0 Å². The molecule has 0 aliphatic heterocycles. The average Bonchev–Trinajstić information content (AvgIpc) is 2.32. The first-order chi connectivity index (χ1) is 6.19. The molecule has 0 spiro atoms. The molecule has 0 aromatic rings.